The quantitative estimate of drug-likeness (QED) is 0.376. The van der Waals surface area contributed by atoms with Gasteiger partial charge in [0.1, 0.15) is 29.9 Å². The summed E-state index contributed by atoms with van der Waals surface area (Å²) in [5.41, 5.74) is 2.77. The molecule has 2 aromatic carbocycles. The number of aliphatic hydroxyl groups excluding tert-OH is 1. The Labute approximate surface area is 208 Å². The van der Waals surface area contributed by atoms with E-state index in [1.54, 1.807) is 18.4 Å². The number of rotatable bonds is 9. The molecule has 0 saturated carbocycles. The summed E-state index contributed by atoms with van der Waals surface area (Å²) in [6.07, 6.45) is -0.546. The van der Waals surface area contributed by atoms with Crippen molar-refractivity contribution in [3.05, 3.63) is 59.3 Å². The third-order valence-corrected chi connectivity index (χ3v) is 7.12. The maximum atomic E-state index is 10.5. The van der Waals surface area contributed by atoms with Gasteiger partial charge in [-0.05, 0) is 43.3 Å². The van der Waals surface area contributed by atoms with Gasteiger partial charge in [-0.15, -0.1) is 11.3 Å². The Bertz CT molecular complexity index is 1250. The molecule has 5 rings (SSSR count). The Morgan fingerprint density at radius 1 is 1.03 bits per heavy atom. The SMILES string of the molecule is COc1ccc(-c2cc(CN3CCN(C[C@H](O)COc4ccc5sc(C)nc5c4)CC3)on2)cc1. The van der Waals surface area contributed by atoms with Crippen molar-refractivity contribution in [1.82, 2.24) is 19.9 Å². The van der Waals surface area contributed by atoms with Gasteiger partial charge in [0.2, 0.25) is 0 Å². The van der Waals surface area contributed by atoms with Gasteiger partial charge in [0.05, 0.1) is 28.9 Å². The largest absolute Gasteiger partial charge is 0.497 e. The Morgan fingerprint density at radius 3 is 2.54 bits per heavy atom. The van der Waals surface area contributed by atoms with E-state index in [0.717, 1.165) is 76.5 Å². The minimum atomic E-state index is -0.546. The lowest BCUT2D eigenvalue weighted by Crippen LogP contribution is -2.48. The molecule has 1 aliphatic rings. The molecule has 0 unspecified atom stereocenters. The number of aliphatic hydroxyl groups is 1. The standard InChI is InChI=1S/C26H30N4O4S/c1-18-27-25-13-22(7-8-26(25)35-18)33-17-20(31)15-29-9-11-30(12-10-29)16-23-14-24(28-34-23)19-3-5-21(32-2)6-4-19/h3-8,13-14,20,31H,9-12,15-17H2,1-2H3/t20-/m0/s1. The Kier molecular flexibility index (Phi) is 7.29. The van der Waals surface area contributed by atoms with Crippen LogP contribution in [0.1, 0.15) is 10.8 Å². The number of benzene rings is 2. The van der Waals surface area contributed by atoms with Crippen LogP contribution in [0, 0.1) is 6.92 Å². The second-order valence-electron chi connectivity index (χ2n) is 8.81. The molecule has 1 fully saturated rings. The predicted molar refractivity (Wildman–Crippen MR) is 136 cm³/mol. The van der Waals surface area contributed by atoms with Crippen LogP contribution in [-0.4, -0.2) is 77.6 Å². The highest BCUT2D eigenvalue weighted by Crippen LogP contribution is 2.26. The van der Waals surface area contributed by atoms with Crippen LogP contribution in [0.3, 0.4) is 0 Å². The molecule has 0 spiro atoms. The van der Waals surface area contributed by atoms with Crippen LogP contribution < -0.4 is 9.47 Å². The van der Waals surface area contributed by atoms with Gasteiger partial charge in [0.15, 0.2) is 5.76 Å². The molecule has 1 atom stereocenters. The van der Waals surface area contributed by atoms with Crippen molar-refractivity contribution in [2.75, 3.05) is 46.4 Å². The summed E-state index contributed by atoms with van der Waals surface area (Å²) >= 11 is 1.67. The van der Waals surface area contributed by atoms with E-state index in [9.17, 15) is 5.11 Å². The number of β-amino-alcohol motifs (C(OH)–C–C–N with tert-alkyl or cyclic N) is 1. The number of aromatic nitrogens is 2. The van der Waals surface area contributed by atoms with E-state index in [-0.39, 0.29) is 6.61 Å². The number of piperazine rings is 1. The summed E-state index contributed by atoms with van der Waals surface area (Å²) in [5.74, 6) is 2.41. The van der Waals surface area contributed by atoms with Gasteiger partial charge >= 0.3 is 0 Å². The summed E-state index contributed by atoms with van der Waals surface area (Å²) < 4.78 is 17.8. The van der Waals surface area contributed by atoms with Gasteiger partial charge in [-0.25, -0.2) is 4.98 Å². The number of fused-ring (bicyclic) bond motifs is 1. The Balaban J connectivity index is 1.05. The normalized spacial score (nSPS) is 16.0. The van der Waals surface area contributed by atoms with Gasteiger partial charge in [-0.2, -0.15) is 0 Å². The molecule has 35 heavy (non-hydrogen) atoms. The molecule has 0 radical (unpaired) electrons. The first-order chi connectivity index (χ1) is 17.1. The lowest BCUT2D eigenvalue weighted by Gasteiger charge is -2.35. The lowest BCUT2D eigenvalue weighted by molar-refractivity contribution is 0.0430. The molecule has 3 heterocycles. The number of hydrogen-bond donors (Lipinski definition) is 1. The van der Waals surface area contributed by atoms with Gasteiger partial charge in [-0.3, -0.25) is 9.80 Å². The van der Waals surface area contributed by atoms with Gasteiger partial charge < -0.3 is 19.1 Å². The van der Waals surface area contributed by atoms with E-state index in [2.05, 4.69) is 19.9 Å². The summed E-state index contributed by atoms with van der Waals surface area (Å²) in [7, 11) is 1.66. The molecule has 2 aromatic heterocycles. The molecule has 4 aromatic rings. The average molecular weight is 495 g/mol. The number of nitrogens with zero attached hydrogens (tertiary/aromatic N) is 4. The van der Waals surface area contributed by atoms with Crippen molar-refractivity contribution in [2.24, 2.45) is 0 Å². The zero-order valence-corrected chi connectivity index (χ0v) is 20.8. The Hall–Kier alpha value is -2.98. The van der Waals surface area contributed by atoms with E-state index in [0.29, 0.717) is 6.54 Å². The molecular weight excluding hydrogens is 464 g/mol. The molecule has 184 valence electrons. The number of methoxy groups -OCH3 is 1. The van der Waals surface area contributed by atoms with Crippen LogP contribution in [0.4, 0.5) is 0 Å². The molecule has 0 amide bonds. The highest BCUT2D eigenvalue weighted by molar-refractivity contribution is 7.18. The van der Waals surface area contributed by atoms with E-state index >= 15 is 0 Å². The van der Waals surface area contributed by atoms with E-state index in [1.807, 2.05) is 55.5 Å². The van der Waals surface area contributed by atoms with Crippen LogP contribution >= 0.6 is 11.3 Å². The maximum Gasteiger partial charge on any atom is 0.151 e. The van der Waals surface area contributed by atoms with E-state index in [4.69, 9.17) is 14.0 Å². The first-order valence-corrected chi connectivity index (χ1v) is 12.6. The van der Waals surface area contributed by atoms with Crippen molar-refractivity contribution in [1.29, 1.82) is 0 Å². The number of hydrogen-bond acceptors (Lipinski definition) is 9. The number of ether oxygens (including phenoxy) is 2. The number of thiazole rings is 1. The highest BCUT2D eigenvalue weighted by atomic mass is 32.1. The van der Waals surface area contributed by atoms with E-state index < -0.39 is 6.10 Å². The first-order valence-electron chi connectivity index (χ1n) is 11.8. The van der Waals surface area contributed by atoms with Crippen molar-refractivity contribution in [3.63, 3.8) is 0 Å². The predicted octanol–water partition coefficient (Wildman–Crippen LogP) is 3.83. The average Bonchev–Trinajstić information content (AvgIpc) is 3.49. The minimum Gasteiger partial charge on any atom is -0.497 e. The highest BCUT2D eigenvalue weighted by Gasteiger charge is 2.21. The van der Waals surface area contributed by atoms with Crippen molar-refractivity contribution < 1.29 is 19.1 Å². The van der Waals surface area contributed by atoms with Gasteiger partial charge in [0, 0.05) is 50.4 Å². The fraction of sp³-hybridized carbons (Fsp3) is 0.385. The second-order valence-corrected chi connectivity index (χ2v) is 10.0. The van der Waals surface area contributed by atoms with Gasteiger partial charge in [-0.1, -0.05) is 5.16 Å². The van der Waals surface area contributed by atoms with Crippen LogP contribution in [0.2, 0.25) is 0 Å². The molecule has 1 saturated heterocycles. The summed E-state index contributed by atoms with van der Waals surface area (Å²) in [6.45, 7) is 7.18. The monoisotopic (exact) mass is 494 g/mol. The molecule has 0 aliphatic carbocycles. The van der Waals surface area contributed by atoms with E-state index in [1.165, 1.54) is 0 Å². The first kappa shape index (κ1) is 23.7. The molecule has 9 heteroatoms. The lowest BCUT2D eigenvalue weighted by atomic mass is 10.1. The molecule has 8 nitrogen and oxygen atoms in total. The fourth-order valence-corrected chi connectivity index (χ4v) is 5.10. The third-order valence-electron chi connectivity index (χ3n) is 6.17. The maximum absolute atomic E-state index is 10.5. The van der Waals surface area contributed by atoms with Crippen LogP contribution in [0.25, 0.3) is 21.5 Å². The third kappa shape index (κ3) is 5.99. The van der Waals surface area contributed by atoms with Crippen LogP contribution in [0.15, 0.2) is 53.1 Å². The zero-order valence-electron chi connectivity index (χ0n) is 20.0. The van der Waals surface area contributed by atoms with Crippen molar-refractivity contribution >= 4 is 21.6 Å². The van der Waals surface area contributed by atoms with Crippen LogP contribution in [0.5, 0.6) is 11.5 Å². The summed E-state index contributed by atoms with van der Waals surface area (Å²) in [5, 5.41) is 15.8. The minimum absolute atomic E-state index is 0.265. The molecule has 1 aliphatic heterocycles. The Morgan fingerprint density at radius 2 is 1.77 bits per heavy atom. The molecule has 0 bridgehead atoms. The number of aryl methyl sites for hydroxylation is 1. The summed E-state index contributed by atoms with van der Waals surface area (Å²) in [6, 6.07) is 15.7. The van der Waals surface area contributed by atoms with Crippen molar-refractivity contribution in [3.8, 4) is 22.8 Å². The summed E-state index contributed by atoms with van der Waals surface area (Å²) in [4.78, 5) is 9.13. The topological polar surface area (TPSA) is 84.1 Å². The second kappa shape index (κ2) is 10.7. The zero-order chi connectivity index (χ0) is 24.2. The van der Waals surface area contributed by atoms with Crippen LogP contribution in [-0.2, 0) is 6.54 Å². The van der Waals surface area contributed by atoms with Crippen molar-refractivity contribution in [2.45, 2.75) is 19.6 Å². The molecular formula is C26H30N4O4S. The molecule has 1 N–H and O–H groups in total. The van der Waals surface area contributed by atoms with Gasteiger partial charge in [0.25, 0.3) is 0 Å². The smallest absolute Gasteiger partial charge is 0.151 e. The fourth-order valence-electron chi connectivity index (χ4n) is 4.29.